The summed E-state index contributed by atoms with van der Waals surface area (Å²) in [7, 11) is 0. The molecular weight excluding hydrogens is 220 g/mol. The van der Waals surface area contributed by atoms with Gasteiger partial charge < -0.3 is 5.32 Å². The minimum atomic E-state index is -0.521. The van der Waals surface area contributed by atoms with E-state index in [0.717, 1.165) is 12.6 Å². The Kier molecular flexibility index (Phi) is 3.48. The average molecular weight is 239 g/mol. The summed E-state index contributed by atoms with van der Waals surface area (Å²) in [5, 5.41) is 3.28. The van der Waals surface area contributed by atoms with Crippen LogP contribution in [-0.4, -0.2) is 6.54 Å². The normalized spacial score (nSPS) is 17.5. The van der Waals surface area contributed by atoms with Gasteiger partial charge in [0.2, 0.25) is 0 Å². The average Bonchev–Trinajstić information content (AvgIpc) is 3.02. The maximum atomic E-state index is 13.4. The highest BCUT2D eigenvalue weighted by Crippen LogP contribution is 2.51. The van der Waals surface area contributed by atoms with Crippen molar-refractivity contribution in [3.05, 3.63) is 35.4 Å². The number of nitrogens with one attached hydrogen (secondary N) is 1. The molecule has 1 saturated carbocycles. The molecule has 0 atom stereocenters. The predicted octanol–water partition coefficient (Wildman–Crippen LogP) is 3.49. The summed E-state index contributed by atoms with van der Waals surface area (Å²) < 4.78 is 26.1. The summed E-state index contributed by atoms with van der Waals surface area (Å²) in [4.78, 5) is 0. The van der Waals surface area contributed by atoms with E-state index in [2.05, 4.69) is 19.2 Å². The first-order valence-corrected chi connectivity index (χ1v) is 6.18. The Balaban J connectivity index is 1.86. The molecule has 0 aliphatic heterocycles. The Hall–Kier alpha value is -0.960. The third kappa shape index (κ3) is 2.83. The lowest BCUT2D eigenvalue weighted by Crippen LogP contribution is -2.27. The van der Waals surface area contributed by atoms with Crippen LogP contribution in [0.15, 0.2) is 18.2 Å². The van der Waals surface area contributed by atoms with Crippen LogP contribution in [0, 0.1) is 23.0 Å². The lowest BCUT2D eigenvalue weighted by molar-refractivity contribution is 0.337. The molecule has 1 aromatic rings. The van der Waals surface area contributed by atoms with Crippen LogP contribution in [0.2, 0.25) is 0 Å². The number of benzene rings is 1. The van der Waals surface area contributed by atoms with E-state index in [1.54, 1.807) is 0 Å². The van der Waals surface area contributed by atoms with Gasteiger partial charge >= 0.3 is 0 Å². The smallest absolute Gasteiger partial charge is 0.130 e. The zero-order valence-corrected chi connectivity index (χ0v) is 10.4. The molecule has 0 unspecified atom stereocenters. The molecule has 1 aliphatic carbocycles. The van der Waals surface area contributed by atoms with Gasteiger partial charge in [-0.25, -0.2) is 8.78 Å². The van der Waals surface area contributed by atoms with Gasteiger partial charge in [0.1, 0.15) is 11.6 Å². The van der Waals surface area contributed by atoms with E-state index in [1.807, 2.05) is 0 Å². The SMILES string of the molecule is CC(C)C1(CNCc2ccc(F)cc2F)CC1. The molecule has 1 aliphatic rings. The summed E-state index contributed by atoms with van der Waals surface area (Å²) in [5.74, 6) is -0.327. The first-order chi connectivity index (χ1) is 8.03. The summed E-state index contributed by atoms with van der Waals surface area (Å²) in [6.45, 7) is 5.85. The molecule has 0 heterocycles. The first-order valence-electron chi connectivity index (χ1n) is 6.18. The standard InChI is InChI=1S/C14H19F2N/c1-10(2)14(5-6-14)9-17-8-11-3-4-12(15)7-13(11)16/h3-4,7,10,17H,5-6,8-9H2,1-2H3. The van der Waals surface area contributed by atoms with Crippen molar-refractivity contribution in [2.45, 2.75) is 33.2 Å². The second kappa shape index (κ2) is 4.73. The second-order valence-electron chi connectivity index (χ2n) is 5.36. The number of rotatable bonds is 5. The Morgan fingerprint density at radius 2 is 2.00 bits per heavy atom. The third-order valence-electron chi connectivity index (χ3n) is 3.92. The van der Waals surface area contributed by atoms with Crippen molar-refractivity contribution in [1.82, 2.24) is 5.32 Å². The van der Waals surface area contributed by atoms with E-state index in [4.69, 9.17) is 0 Å². The molecule has 2 rings (SSSR count). The van der Waals surface area contributed by atoms with Gasteiger partial charge in [0.05, 0.1) is 0 Å². The fourth-order valence-corrected chi connectivity index (χ4v) is 2.23. The van der Waals surface area contributed by atoms with Gasteiger partial charge in [-0.2, -0.15) is 0 Å². The van der Waals surface area contributed by atoms with Crippen LogP contribution in [0.5, 0.6) is 0 Å². The van der Waals surface area contributed by atoms with Gasteiger partial charge in [0.25, 0.3) is 0 Å². The molecule has 0 spiro atoms. The van der Waals surface area contributed by atoms with Crippen molar-refractivity contribution in [3.63, 3.8) is 0 Å². The van der Waals surface area contributed by atoms with Crippen LogP contribution >= 0.6 is 0 Å². The quantitative estimate of drug-likeness (QED) is 0.829. The van der Waals surface area contributed by atoms with Crippen molar-refractivity contribution >= 4 is 0 Å². The van der Waals surface area contributed by atoms with E-state index >= 15 is 0 Å². The fraction of sp³-hybridized carbons (Fsp3) is 0.571. The van der Waals surface area contributed by atoms with E-state index in [-0.39, 0.29) is 0 Å². The molecule has 1 fully saturated rings. The van der Waals surface area contributed by atoms with Crippen molar-refractivity contribution in [3.8, 4) is 0 Å². The minimum absolute atomic E-state index is 0.413. The van der Waals surface area contributed by atoms with Crippen LogP contribution in [0.3, 0.4) is 0 Å². The van der Waals surface area contributed by atoms with E-state index < -0.39 is 11.6 Å². The monoisotopic (exact) mass is 239 g/mol. The molecule has 1 aromatic carbocycles. The zero-order chi connectivity index (χ0) is 12.5. The van der Waals surface area contributed by atoms with E-state index in [0.29, 0.717) is 23.4 Å². The minimum Gasteiger partial charge on any atom is -0.312 e. The van der Waals surface area contributed by atoms with Crippen molar-refractivity contribution < 1.29 is 8.78 Å². The summed E-state index contributed by atoms with van der Waals surface area (Å²) in [5.41, 5.74) is 0.946. The first kappa shape index (κ1) is 12.5. The Bertz CT molecular complexity index is 397. The van der Waals surface area contributed by atoms with Gasteiger partial charge in [0.15, 0.2) is 0 Å². The molecule has 0 amide bonds. The summed E-state index contributed by atoms with van der Waals surface area (Å²) >= 11 is 0. The Morgan fingerprint density at radius 3 is 2.53 bits per heavy atom. The highest BCUT2D eigenvalue weighted by atomic mass is 19.1. The maximum Gasteiger partial charge on any atom is 0.130 e. The largest absolute Gasteiger partial charge is 0.312 e. The molecule has 0 saturated heterocycles. The lowest BCUT2D eigenvalue weighted by Gasteiger charge is -2.20. The summed E-state index contributed by atoms with van der Waals surface area (Å²) in [6.07, 6.45) is 2.51. The van der Waals surface area contributed by atoms with Gasteiger partial charge in [-0.1, -0.05) is 19.9 Å². The maximum absolute atomic E-state index is 13.4. The molecule has 1 N–H and O–H groups in total. The van der Waals surface area contributed by atoms with Crippen LogP contribution in [0.4, 0.5) is 8.78 Å². The third-order valence-corrected chi connectivity index (χ3v) is 3.92. The van der Waals surface area contributed by atoms with Crippen molar-refractivity contribution in [2.24, 2.45) is 11.3 Å². The van der Waals surface area contributed by atoms with E-state index in [9.17, 15) is 8.78 Å². The highest BCUT2D eigenvalue weighted by molar-refractivity contribution is 5.18. The molecular formula is C14H19F2N. The van der Waals surface area contributed by atoms with Gasteiger partial charge in [-0.3, -0.25) is 0 Å². The van der Waals surface area contributed by atoms with Crippen molar-refractivity contribution in [2.75, 3.05) is 6.54 Å². The lowest BCUT2D eigenvalue weighted by atomic mass is 9.92. The number of hydrogen-bond acceptors (Lipinski definition) is 1. The van der Waals surface area contributed by atoms with Crippen molar-refractivity contribution in [1.29, 1.82) is 0 Å². The van der Waals surface area contributed by atoms with E-state index in [1.165, 1.54) is 25.0 Å². The second-order valence-corrected chi connectivity index (χ2v) is 5.36. The topological polar surface area (TPSA) is 12.0 Å². The zero-order valence-electron chi connectivity index (χ0n) is 10.4. The van der Waals surface area contributed by atoms with Crippen LogP contribution in [0.1, 0.15) is 32.3 Å². The fourth-order valence-electron chi connectivity index (χ4n) is 2.23. The van der Waals surface area contributed by atoms with Crippen LogP contribution < -0.4 is 5.32 Å². The molecule has 94 valence electrons. The Morgan fingerprint density at radius 1 is 1.29 bits per heavy atom. The van der Waals surface area contributed by atoms with Gasteiger partial charge in [0, 0.05) is 24.7 Å². The van der Waals surface area contributed by atoms with Crippen LogP contribution in [0.25, 0.3) is 0 Å². The van der Waals surface area contributed by atoms with Gasteiger partial charge in [-0.05, 0) is 30.2 Å². The molecule has 3 heteroatoms. The molecule has 0 bridgehead atoms. The molecule has 0 aromatic heterocycles. The van der Waals surface area contributed by atoms with Gasteiger partial charge in [-0.15, -0.1) is 0 Å². The predicted molar refractivity (Wildman–Crippen MR) is 64.6 cm³/mol. The van der Waals surface area contributed by atoms with Crippen LogP contribution in [-0.2, 0) is 6.54 Å². The highest BCUT2D eigenvalue weighted by Gasteiger charge is 2.44. The molecule has 1 nitrogen and oxygen atoms in total. The summed E-state index contributed by atoms with van der Waals surface area (Å²) in [6, 6.07) is 3.74. The molecule has 17 heavy (non-hydrogen) atoms. The Labute approximate surface area is 101 Å². The number of halogens is 2. The number of hydrogen-bond donors (Lipinski definition) is 1. The molecule has 0 radical (unpaired) electrons.